The van der Waals surface area contributed by atoms with E-state index < -0.39 is 0 Å². The Morgan fingerprint density at radius 3 is 1.15 bits per heavy atom. The van der Waals surface area contributed by atoms with E-state index in [4.69, 9.17) is 58.0 Å². The van der Waals surface area contributed by atoms with Crippen LogP contribution in [0.3, 0.4) is 0 Å². The quantitative estimate of drug-likeness (QED) is 0.417. The zero-order valence-electron chi connectivity index (χ0n) is 5.64. The fraction of sp³-hybridized carbons (Fsp3) is 0. The van der Waals surface area contributed by atoms with Crippen molar-refractivity contribution in [3.8, 4) is 5.75 Å². The minimum Gasteiger partial charge on any atom is -0.505 e. The molecule has 13 heavy (non-hydrogen) atoms. The number of benzene rings is 1. The van der Waals surface area contributed by atoms with E-state index in [-0.39, 0.29) is 47.9 Å². The predicted octanol–water partition coefficient (Wildman–Crippen LogP) is 4.66. The number of rotatable bonds is 0. The van der Waals surface area contributed by atoms with Gasteiger partial charge in [-0.15, -0.1) is 0 Å². The van der Waals surface area contributed by atoms with Crippen LogP contribution in [0.1, 0.15) is 0 Å². The Hall–Kier alpha value is 0.989. The summed E-state index contributed by atoms with van der Waals surface area (Å²) in [6, 6.07) is 0. The van der Waals surface area contributed by atoms with Gasteiger partial charge in [0.15, 0.2) is 5.75 Å². The van der Waals surface area contributed by atoms with Crippen LogP contribution in [0.5, 0.6) is 5.75 Å². The Balaban J connectivity index is 0.00000144. The van der Waals surface area contributed by atoms with Crippen molar-refractivity contribution in [3.63, 3.8) is 0 Å². The first-order valence-electron chi connectivity index (χ1n) is 2.67. The summed E-state index contributed by atoms with van der Waals surface area (Å²) in [6.45, 7) is 0. The van der Waals surface area contributed by atoms with Crippen LogP contribution < -0.4 is 0 Å². The predicted molar refractivity (Wildman–Crippen MR) is 53.2 cm³/mol. The SMILES string of the molecule is Oc1c(Cl)c(Cl)c(Cl)c(Cl)c1Cl.[Cu]. The third-order valence-electron chi connectivity index (χ3n) is 1.19. The number of hydrogen-bond donors (Lipinski definition) is 1. The van der Waals surface area contributed by atoms with E-state index in [0.29, 0.717) is 0 Å². The monoisotopic (exact) mass is 327 g/mol. The van der Waals surface area contributed by atoms with Gasteiger partial charge in [-0.1, -0.05) is 58.0 Å². The van der Waals surface area contributed by atoms with Gasteiger partial charge < -0.3 is 5.11 Å². The second kappa shape index (κ2) is 5.18. The average molecular weight is 330 g/mol. The van der Waals surface area contributed by atoms with Crippen molar-refractivity contribution >= 4 is 58.0 Å². The maximum atomic E-state index is 9.20. The third-order valence-corrected chi connectivity index (χ3v) is 3.44. The molecule has 0 aliphatic carbocycles. The summed E-state index contributed by atoms with van der Waals surface area (Å²) in [6.07, 6.45) is 0. The summed E-state index contributed by atoms with van der Waals surface area (Å²) in [7, 11) is 0. The van der Waals surface area contributed by atoms with E-state index in [2.05, 4.69) is 0 Å². The molecule has 0 heterocycles. The number of hydrogen-bond acceptors (Lipinski definition) is 1. The Bertz CT molecular complexity index is 235. The first-order valence-corrected chi connectivity index (χ1v) is 4.56. The molecule has 0 bridgehead atoms. The van der Waals surface area contributed by atoms with Gasteiger partial charge in [0.2, 0.25) is 0 Å². The zero-order valence-corrected chi connectivity index (χ0v) is 10.4. The molecule has 0 aliphatic rings. The standard InChI is InChI=1S/C6HCl5O.Cu/c7-1-2(8)4(10)6(12)5(11)3(1)9;/h12H;. The fourth-order valence-electron chi connectivity index (χ4n) is 0.593. The van der Waals surface area contributed by atoms with Gasteiger partial charge >= 0.3 is 0 Å². The van der Waals surface area contributed by atoms with Gasteiger partial charge in [0.25, 0.3) is 0 Å². The summed E-state index contributed by atoms with van der Waals surface area (Å²) in [5.41, 5.74) is 0. The molecule has 7 heteroatoms. The van der Waals surface area contributed by atoms with E-state index in [1.165, 1.54) is 0 Å². The molecule has 0 aliphatic heterocycles. The number of phenols is 1. The molecule has 1 N–H and O–H groups in total. The van der Waals surface area contributed by atoms with Gasteiger partial charge in [-0.3, -0.25) is 0 Å². The van der Waals surface area contributed by atoms with Crippen LogP contribution in [0, 0.1) is 0 Å². The largest absolute Gasteiger partial charge is 0.505 e. The van der Waals surface area contributed by atoms with Crippen LogP contribution >= 0.6 is 58.0 Å². The molecule has 0 spiro atoms. The summed E-state index contributed by atoms with van der Waals surface area (Å²) in [4.78, 5) is 0. The number of halogens is 5. The fourth-order valence-corrected chi connectivity index (χ4v) is 1.72. The normalized spacial score (nSPS) is 9.62. The minimum atomic E-state index is -0.363. The molecule has 1 aromatic carbocycles. The molecule has 77 valence electrons. The Morgan fingerprint density at radius 1 is 0.615 bits per heavy atom. The molecular weight excluding hydrogens is 329 g/mol. The molecule has 0 fully saturated rings. The van der Waals surface area contributed by atoms with Crippen LogP contribution in [-0.4, -0.2) is 5.11 Å². The molecule has 0 saturated heterocycles. The zero-order chi connectivity index (χ0) is 9.46. The van der Waals surface area contributed by atoms with Crippen molar-refractivity contribution in [1.29, 1.82) is 0 Å². The maximum absolute atomic E-state index is 9.20. The molecule has 0 atom stereocenters. The van der Waals surface area contributed by atoms with Crippen molar-refractivity contribution in [3.05, 3.63) is 25.1 Å². The minimum absolute atomic E-state index is 0. The molecule has 0 saturated carbocycles. The van der Waals surface area contributed by atoms with Crippen LogP contribution in [0.15, 0.2) is 0 Å². The van der Waals surface area contributed by atoms with Gasteiger partial charge in [-0.25, -0.2) is 0 Å². The van der Waals surface area contributed by atoms with Crippen LogP contribution in [0.2, 0.25) is 25.1 Å². The van der Waals surface area contributed by atoms with Crippen LogP contribution in [-0.2, 0) is 17.1 Å². The topological polar surface area (TPSA) is 20.2 Å². The third kappa shape index (κ3) is 2.51. The van der Waals surface area contributed by atoms with Gasteiger partial charge in [0.1, 0.15) is 10.0 Å². The molecule has 0 unspecified atom stereocenters. The first-order chi connectivity index (χ1) is 5.46. The van der Waals surface area contributed by atoms with Gasteiger partial charge in [-0.2, -0.15) is 0 Å². The Morgan fingerprint density at radius 2 is 0.846 bits per heavy atom. The summed E-state index contributed by atoms with van der Waals surface area (Å²) >= 11 is 27.9. The van der Waals surface area contributed by atoms with Crippen LogP contribution in [0.25, 0.3) is 0 Å². The van der Waals surface area contributed by atoms with E-state index in [0.717, 1.165) is 0 Å². The second-order valence-electron chi connectivity index (χ2n) is 1.92. The molecule has 0 aromatic heterocycles. The summed E-state index contributed by atoms with van der Waals surface area (Å²) < 4.78 is 0. The smallest absolute Gasteiger partial charge is 0.155 e. The molecule has 0 amide bonds. The summed E-state index contributed by atoms with van der Waals surface area (Å²) in [5, 5.41) is 9.01. The molecule has 1 radical (unpaired) electrons. The molecule has 1 nitrogen and oxygen atoms in total. The van der Waals surface area contributed by atoms with Gasteiger partial charge in [-0.05, 0) is 0 Å². The summed E-state index contributed by atoms with van der Waals surface area (Å²) in [5.74, 6) is -0.363. The maximum Gasteiger partial charge on any atom is 0.155 e. The van der Waals surface area contributed by atoms with Crippen molar-refractivity contribution in [2.75, 3.05) is 0 Å². The molecule has 1 aromatic rings. The number of phenolic OH excluding ortho intramolecular Hbond substituents is 1. The van der Waals surface area contributed by atoms with Crippen molar-refractivity contribution in [2.45, 2.75) is 0 Å². The number of aromatic hydroxyl groups is 1. The second-order valence-corrected chi connectivity index (χ2v) is 3.81. The van der Waals surface area contributed by atoms with Crippen molar-refractivity contribution in [1.82, 2.24) is 0 Å². The van der Waals surface area contributed by atoms with E-state index >= 15 is 0 Å². The molecular formula is C6HCl5CuO. The first kappa shape index (κ1) is 14.0. The van der Waals surface area contributed by atoms with Gasteiger partial charge in [0.05, 0.1) is 15.1 Å². The van der Waals surface area contributed by atoms with Crippen molar-refractivity contribution < 1.29 is 22.2 Å². The molecule has 1 rings (SSSR count). The average Bonchev–Trinajstić information content (AvgIpc) is 2.08. The van der Waals surface area contributed by atoms with Gasteiger partial charge in [0, 0.05) is 17.1 Å². The van der Waals surface area contributed by atoms with Crippen LogP contribution in [0.4, 0.5) is 0 Å². The van der Waals surface area contributed by atoms with E-state index in [1.807, 2.05) is 0 Å². The van der Waals surface area contributed by atoms with Crippen molar-refractivity contribution in [2.24, 2.45) is 0 Å². The Kier molecular flexibility index (Phi) is 5.57. The Labute approximate surface area is 110 Å². The van der Waals surface area contributed by atoms with E-state index in [1.54, 1.807) is 0 Å². The van der Waals surface area contributed by atoms with E-state index in [9.17, 15) is 5.11 Å².